The van der Waals surface area contributed by atoms with E-state index >= 15 is 0 Å². The quantitative estimate of drug-likeness (QED) is 0.660. The summed E-state index contributed by atoms with van der Waals surface area (Å²) in [7, 11) is 0. The first-order chi connectivity index (χ1) is 13.3. The van der Waals surface area contributed by atoms with Crippen LogP contribution in [0.3, 0.4) is 0 Å². The van der Waals surface area contributed by atoms with Gasteiger partial charge >= 0.3 is 12.1 Å². The Morgan fingerprint density at radius 1 is 1.11 bits per heavy atom. The molecule has 1 fully saturated rings. The average molecular weight is 387 g/mol. The SMILES string of the molecule is C[C@H]1CN(C(=O)c2ccc(-c3noc(C(F)(F)F)n3)cc2)[C@H]1c1ccccc1. The van der Waals surface area contributed by atoms with E-state index in [0.29, 0.717) is 23.6 Å². The van der Waals surface area contributed by atoms with Gasteiger partial charge < -0.3 is 9.42 Å². The number of carbonyl (C=O) groups excluding carboxylic acids is 1. The van der Waals surface area contributed by atoms with Crippen LogP contribution in [-0.4, -0.2) is 27.5 Å². The molecule has 5 nitrogen and oxygen atoms in total. The molecule has 1 aromatic heterocycles. The first-order valence-electron chi connectivity index (χ1n) is 8.72. The van der Waals surface area contributed by atoms with Crippen molar-refractivity contribution in [2.45, 2.75) is 19.1 Å². The van der Waals surface area contributed by atoms with Gasteiger partial charge in [0.1, 0.15) is 0 Å². The molecule has 4 rings (SSSR count). The summed E-state index contributed by atoms with van der Waals surface area (Å²) in [4.78, 5) is 18.0. The second-order valence-electron chi connectivity index (χ2n) is 6.79. The van der Waals surface area contributed by atoms with Crippen LogP contribution in [0.1, 0.15) is 34.8 Å². The third kappa shape index (κ3) is 3.26. The van der Waals surface area contributed by atoms with E-state index in [1.54, 1.807) is 17.0 Å². The van der Waals surface area contributed by atoms with E-state index in [-0.39, 0.29) is 17.8 Å². The number of halogens is 3. The lowest BCUT2D eigenvalue weighted by Crippen LogP contribution is -2.51. The van der Waals surface area contributed by atoms with Crippen molar-refractivity contribution >= 4 is 5.91 Å². The molecule has 0 saturated carbocycles. The molecule has 0 unspecified atom stereocenters. The predicted octanol–water partition coefficient (Wildman–Crippen LogP) is 4.59. The standard InChI is InChI=1S/C20H16F3N3O2/c1-12-11-26(16(12)13-5-3-2-4-6-13)18(27)15-9-7-14(8-10-15)17-24-19(28-25-17)20(21,22)23/h2-10,12,16H,11H2,1H3/t12-,16+/m0/s1. The lowest BCUT2D eigenvalue weighted by Gasteiger charge is -2.47. The van der Waals surface area contributed by atoms with Gasteiger partial charge in [-0.05, 0) is 23.6 Å². The normalized spacial score (nSPS) is 19.4. The number of rotatable bonds is 3. The van der Waals surface area contributed by atoms with Gasteiger partial charge in [0.2, 0.25) is 5.82 Å². The fourth-order valence-corrected chi connectivity index (χ4v) is 3.44. The van der Waals surface area contributed by atoms with E-state index in [9.17, 15) is 18.0 Å². The van der Waals surface area contributed by atoms with Crippen molar-refractivity contribution in [3.8, 4) is 11.4 Å². The fraction of sp³-hybridized carbons (Fsp3) is 0.250. The summed E-state index contributed by atoms with van der Waals surface area (Å²) >= 11 is 0. The zero-order valence-corrected chi connectivity index (χ0v) is 14.8. The number of alkyl halides is 3. The lowest BCUT2D eigenvalue weighted by molar-refractivity contribution is -0.159. The van der Waals surface area contributed by atoms with Crippen molar-refractivity contribution < 1.29 is 22.5 Å². The predicted molar refractivity (Wildman–Crippen MR) is 94.1 cm³/mol. The molecule has 2 aromatic carbocycles. The van der Waals surface area contributed by atoms with Gasteiger partial charge in [-0.2, -0.15) is 18.2 Å². The van der Waals surface area contributed by atoms with Gasteiger partial charge in [-0.3, -0.25) is 4.79 Å². The van der Waals surface area contributed by atoms with Gasteiger partial charge in [-0.15, -0.1) is 0 Å². The van der Waals surface area contributed by atoms with Crippen LogP contribution in [0.25, 0.3) is 11.4 Å². The summed E-state index contributed by atoms with van der Waals surface area (Å²) in [6, 6.07) is 16.0. The maximum atomic E-state index is 12.9. The molecular weight excluding hydrogens is 371 g/mol. The van der Waals surface area contributed by atoms with E-state index < -0.39 is 12.1 Å². The van der Waals surface area contributed by atoms with Gasteiger partial charge in [0.15, 0.2) is 0 Å². The highest BCUT2D eigenvalue weighted by Crippen LogP contribution is 2.39. The maximum Gasteiger partial charge on any atom is 0.471 e. The minimum absolute atomic E-state index is 0.0138. The fourth-order valence-electron chi connectivity index (χ4n) is 3.44. The van der Waals surface area contributed by atoms with Gasteiger partial charge in [0.05, 0.1) is 6.04 Å². The van der Waals surface area contributed by atoms with Gasteiger partial charge in [0, 0.05) is 17.7 Å². The Balaban J connectivity index is 1.52. The van der Waals surface area contributed by atoms with Crippen LogP contribution in [-0.2, 0) is 6.18 Å². The Labute approximate surface area is 158 Å². The molecule has 2 atom stereocenters. The van der Waals surface area contributed by atoms with Crippen LogP contribution in [0.15, 0.2) is 59.1 Å². The molecule has 8 heteroatoms. The first-order valence-corrected chi connectivity index (χ1v) is 8.72. The molecule has 1 aliphatic heterocycles. The maximum absolute atomic E-state index is 12.9. The van der Waals surface area contributed by atoms with E-state index in [1.165, 1.54) is 12.1 Å². The lowest BCUT2D eigenvalue weighted by atomic mass is 9.84. The molecule has 0 spiro atoms. The van der Waals surface area contributed by atoms with Gasteiger partial charge in [-0.1, -0.05) is 54.5 Å². The third-order valence-corrected chi connectivity index (χ3v) is 4.82. The molecule has 2 heterocycles. The van der Waals surface area contributed by atoms with Gasteiger partial charge in [0.25, 0.3) is 5.91 Å². The average Bonchev–Trinajstić information content (AvgIpc) is 3.17. The number of amides is 1. The van der Waals surface area contributed by atoms with Crippen molar-refractivity contribution in [1.82, 2.24) is 15.0 Å². The van der Waals surface area contributed by atoms with E-state index in [2.05, 4.69) is 21.6 Å². The molecule has 1 amide bonds. The van der Waals surface area contributed by atoms with Crippen LogP contribution in [0.4, 0.5) is 13.2 Å². The summed E-state index contributed by atoms with van der Waals surface area (Å²) in [5, 5.41) is 3.35. The molecule has 0 aliphatic carbocycles. The first kappa shape index (κ1) is 18.2. The van der Waals surface area contributed by atoms with E-state index in [1.807, 2.05) is 30.3 Å². The molecule has 28 heavy (non-hydrogen) atoms. The van der Waals surface area contributed by atoms with Gasteiger partial charge in [-0.25, -0.2) is 0 Å². The number of hydrogen-bond donors (Lipinski definition) is 0. The molecular formula is C20H16F3N3O2. The van der Waals surface area contributed by atoms with Crippen LogP contribution in [0.5, 0.6) is 0 Å². The highest BCUT2D eigenvalue weighted by Gasteiger charge is 2.40. The van der Waals surface area contributed by atoms with Crippen molar-refractivity contribution in [3.05, 3.63) is 71.6 Å². The molecule has 0 N–H and O–H groups in total. The second kappa shape index (κ2) is 6.78. The van der Waals surface area contributed by atoms with E-state index in [4.69, 9.17) is 0 Å². The molecule has 1 aliphatic rings. The number of likely N-dealkylation sites (tertiary alicyclic amines) is 1. The summed E-state index contributed by atoms with van der Waals surface area (Å²) < 4.78 is 42.0. The zero-order chi connectivity index (χ0) is 19.9. The Morgan fingerprint density at radius 3 is 2.36 bits per heavy atom. The van der Waals surface area contributed by atoms with Crippen molar-refractivity contribution in [1.29, 1.82) is 0 Å². The van der Waals surface area contributed by atoms with Crippen LogP contribution in [0.2, 0.25) is 0 Å². The number of nitrogens with zero attached hydrogens (tertiary/aromatic N) is 3. The second-order valence-corrected chi connectivity index (χ2v) is 6.79. The van der Waals surface area contributed by atoms with Crippen LogP contribution in [0, 0.1) is 5.92 Å². The van der Waals surface area contributed by atoms with Crippen molar-refractivity contribution in [3.63, 3.8) is 0 Å². The Morgan fingerprint density at radius 2 is 1.79 bits per heavy atom. The third-order valence-electron chi connectivity index (χ3n) is 4.82. The summed E-state index contributed by atoms with van der Waals surface area (Å²) in [5.74, 6) is -1.35. The number of carbonyl (C=O) groups is 1. The van der Waals surface area contributed by atoms with Crippen LogP contribution < -0.4 is 0 Å². The summed E-state index contributed by atoms with van der Waals surface area (Å²) in [5.41, 5.74) is 1.88. The van der Waals surface area contributed by atoms with E-state index in [0.717, 1.165) is 5.56 Å². The summed E-state index contributed by atoms with van der Waals surface area (Å²) in [6.45, 7) is 2.75. The minimum Gasteiger partial charge on any atom is -0.331 e. The van der Waals surface area contributed by atoms with Crippen molar-refractivity contribution in [2.75, 3.05) is 6.54 Å². The molecule has 0 bridgehead atoms. The van der Waals surface area contributed by atoms with Crippen LogP contribution >= 0.6 is 0 Å². The molecule has 144 valence electrons. The smallest absolute Gasteiger partial charge is 0.331 e. The molecule has 1 saturated heterocycles. The number of benzene rings is 2. The Bertz CT molecular complexity index is 984. The Kier molecular flexibility index (Phi) is 4.41. The Hall–Kier alpha value is -3.16. The number of aromatic nitrogens is 2. The number of hydrogen-bond acceptors (Lipinski definition) is 4. The summed E-state index contributed by atoms with van der Waals surface area (Å²) in [6.07, 6.45) is -4.69. The topological polar surface area (TPSA) is 59.2 Å². The highest BCUT2D eigenvalue weighted by atomic mass is 19.4. The highest BCUT2D eigenvalue weighted by molar-refractivity contribution is 5.95. The molecule has 0 radical (unpaired) electrons. The monoisotopic (exact) mass is 387 g/mol. The molecule has 3 aromatic rings. The zero-order valence-electron chi connectivity index (χ0n) is 14.8. The minimum atomic E-state index is -4.69. The van der Waals surface area contributed by atoms with Crippen molar-refractivity contribution in [2.24, 2.45) is 5.92 Å². The largest absolute Gasteiger partial charge is 0.471 e.